The molecule has 0 spiro atoms. The molecule has 0 heterocycles. The summed E-state index contributed by atoms with van der Waals surface area (Å²) in [6.07, 6.45) is -4.00. The molecule has 0 amide bonds. The first-order valence-electron chi connectivity index (χ1n) is 5.53. The van der Waals surface area contributed by atoms with Crippen LogP contribution in [0.3, 0.4) is 0 Å². The van der Waals surface area contributed by atoms with Crippen LogP contribution in [0.1, 0.15) is 25.7 Å². The van der Waals surface area contributed by atoms with Crippen LogP contribution in [-0.4, -0.2) is 41.7 Å². The zero-order valence-electron chi connectivity index (χ0n) is 9.00. The van der Waals surface area contributed by atoms with E-state index in [0.717, 1.165) is 12.8 Å². The van der Waals surface area contributed by atoms with E-state index in [2.05, 4.69) is 5.32 Å². The monoisotopic (exact) mass is 241 g/mol. The van der Waals surface area contributed by atoms with Gasteiger partial charge in [0.1, 0.15) is 0 Å². The summed E-state index contributed by atoms with van der Waals surface area (Å²) in [6.45, 7) is 0.0163. The van der Waals surface area contributed by atoms with Gasteiger partial charge in [-0.25, -0.2) is 0 Å². The van der Waals surface area contributed by atoms with Crippen molar-refractivity contribution in [2.24, 2.45) is 5.92 Å². The maximum absolute atomic E-state index is 11.9. The van der Waals surface area contributed by atoms with Crippen molar-refractivity contribution in [2.45, 2.75) is 44.1 Å². The predicted octanol–water partition coefficient (Wildman–Crippen LogP) is 1.05. The molecule has 0 aliphatic heterocycles. The molecule has 1 unspecified atom stereocenters. The third-order valence-electron chi connectivity index (χ3n) is 2.96. The largest absolute Gasteiger partial charge is 0.415 e. The van der Waals surface area contributed by atoms with Gasteiger partial charge >= 0.3 is 6.18 Å². The summed E-state index contributed by atoms with van der Waals surface area (Å²) >= 11 is 0. The fourth-order valence-corrected chi connectivity index (χ4v) is 1.89. The van der Waals surface area contributed by atoms with E-state index in [-0.39, 0.29) is 6.10 Å². The van der Waals surface area contributed by atoms with Crippen molar-refractivity contribution in [3.63, 3.8) is 0 Å². The molecule has 16 heavy (non-hydrogen) atoms. The average Bonchev–Trinajstić information content (AvgIpc) is 2.19. The zero-order chi connectivity index (χ0) is 12.2. The Kier molecular flexibility index (Phi) is 5.01. The highest BCUT2D eigenvalue weighted by molar-refractivity contribution is 4.75. The molecule has 1 fully saturated rings. The van der Waals surface area contributed by atoms with Gasteiger partial charge in [-0.1, -0.05) is 0 Å². The lowest BCUT2D eigenvalue weighted by atomic mass is 9.87. The molecule has 3 nitrogen and oxygen atoms in total. The Morgan fingerprint density at radius 3 is 2.25 bits per heavy atom. The molecule has 1 saturated carbocycles. The Bertz CT molecular complexity index is 203. The predicted molar refractivity (Wildman–Crippen MR) is 52.9 cm³/mol. The maximum atomic E-state index is 11.9. The number of rotatable bonds is 4. The van der Waals surface area contributed by atoms with Gasteiger partial charge in [-0.15, -0.1) is 0 Å². The first-order chi connectivity index (χ1) is 7.39. The maximum Gasteiger partial charge on any atom is 0.415 e. The average molecular weight is 241 g/mol. The summed E-state index contributed by atoms with van der Waals surface area (Å²) in [5.41, 5.74) is 0. The normalized spacial score (nSPS) is 29.1. The van der Waals surface area contributed by atoms with Crippen LogP contribution in [0.25, 0.3) is 0 Å². The molecular formula is C10H18F3NO2. The summed E-state index contributed by atoms with van der Waals surface area (Å²) in [4.78, 5) is 0. The lowest BCUT2D eigenvalue weighted by molar-refractivity contribution is -0.201. The number of alkyl halides is 3. The lowest BCUT2D eigenvalue weighted by Crippen LogP contribution is -2.40. The van der Waals surface area contributed by atoms with E-state index in [4.69, 9.17) is 5.11 Å². The van der Waals surface area contributed by atoms with E-state index in [0.29, 0.717) is 25.3 Å². The van der Waals surface area contributed by atoms with Crippen LogP contribution >= 0.6 is 0 Å². The molecule has 0 bridgehead atoms. The van der Waals surface area contributed by atoms with Gasteiger partial charge in [-0.2, -0.15) is 13.2 Å². The van der Waals surface area contributed by atoms with Crippen LogP contribution in [0.5, 0.6) is 0 Å². The van der Waals surface area contributed by atoms with Crippen LogP contribution in [0.4, 0.5) is 13.2 Å². The van der Waals surface area contributed by atoms with Crippen LogP contribution in [0, 0.1) is 5.92 Å². The lowest BCUT2D eigenvalue weighted by Gasteiger charge is -2.26. The van der Waals surface area contributed by atoms with Crippen molar-refractivity contribution in [1.29, 1.82) is 0 Å². The minimum Gasteiger partial charge on any atom is -0.393 e. The Hall–Kier alpha value is -0.330. The summed E-state index contributed by atoms with van der Waals surface area (Å²) in [5.74, 6) is 0.309. The SMILES string of the molecule is OC1CCC(CNCC(O)C(F)(F)F)CC1. The van der Waals surface area contributed by atoms with Crippen molar-refractivity contribution >= 4 is 0 Å². The van der Waals surface area contributed by atoms with Crippen molar-refractivity contribution < 1.29 is 23.4 Å². The number of aliphatic hydroxyl groups is 2. The quantitative estimate of drug-likeness (QED) is 0.689. The molecule has 0 radical (unpaired) electrons. The molecule has 96 valence electrons. The van der Waals surface area contributed by atoms with Crippen LogP contribution in [0.2, 0.25) is 0 Å². The molecule has 0 aromatic carbocycles. The highest BCUT2D eigenvalue weighted by Gasteiger charge is 2.37. The number of hydrogen-bond donors (Lipinski definition) is 3. The van der Waals surface area contributed by atoms with Gasteiger partial charge in [0, 0.05) is 6.54 Å². The fourth-order valence-electron chi connectivity index (χ4n) is 1.89. The van der Waals surface area contributed by atoms with Gasteiger partial charge < -0.3 is 15.5 Å². The van der Waals surface area contributed by atoms with E-state index in [9.17, 15) is 18.3 Å². The number of nitrogens with one attached hydrogen (secondary N) is 1. The Morgan fingerprint density at radius 1 is 1.19 bits per heavy atom. The summed E-state index contributed by atoms with van der Waals surface area (Å²) in [5, 5.41) is 20.6. The van der Waals surface area contributed by atoms with Crippen LogP contribution in [0.15, 0.2) is 0 Å². The second kappa shape index (κ2) is 5.84. The van der Waals surface area contributed by atoms with E-state index in [1.807, 2.05) is 0 Å². The Balaban J connectivity index is 2.11. The van der Waals surface area contributed by atoms with Crippen molar-refractivity contribution in [3.05, 3.63) is 0 Å². The third kappa shape index (κ3) is 4.67. The van der Waals surface area contributed by atoms with E-state index in [1.54, 1.807) is 0 Å². The van der Waals surface area contributed by atoms with Crippen LogP contribution in [-0.2, 0) is 0 Å². The van der Waals surface area contributed by atoms with Gasteiger partial charge in [0.05, 0.1) is 6.10 Å². The number of halogens is 3. The zero-order valence-corrected chi connectivity index (χ0v) is 9.00. The highest BCUT2D eigenvalue weighted by Crippen LogP contribution is 2.24. The molecule has 1 atom stereocenters. The number of hydrogen-bond acceptors (Lipinski definition) is 3. The first kappa shape index (κ1) is 13.7. The van der Waals surface area contributed by atoms with Gasteiger partial charge in [0.2, 0.25) is 0 Å². The third-order valence-corrected chi connectivity index (χ3v) is 2.96. The van der Waals surface area contributed by atoms with E-state index < -0.39 is 18.8 Å². The Morgan fingerprint density at radius 2 is 1.75 bits per heavy atom. The van der Waals surface area contributed by atoms with Crippen molar-refractivity contribution in [2.75, 3.05) is 13.1 Å². The minimum absolute atomic E-state index is 0.253. The summed E-state index contributed by atoms with van der Waals surface area (Å²) in [7, 11) is 0. The van der Waals surface area contributed by atoms with Gasteiger partial charge in [0.15, 0.2) is 6.10 Å². The summed E-state index contributed by atoms with van der Waals surface area (Å²) in [6, 6.07) is 0. The highest BCUT2D eigenvalue weighted by atomic mass is 19.4. The fraction of sp³-hybridized carbons (Fsp3) is 1.00. The smallest absolute Gasteiger partial charge is 0.393 e. The standard InChI is InChI=1S/C10H18F3NO2/c11-10(12,13)9(16)6-14-5-7-1-3-8(15)4-2-7/h7-9,14-16H,1-6H2. The summed E-state index contributed by atoms with van der Waals surface area (Å²) < 4.78 is 35.8. The van der Waals surface area contributed by atoms with Gasteiger partial charge in [-0.3, -0.25) is 0 Å². The molecule has 1 aliphatic rings. The minimum atomic E-state index is -4.55. The topological polar surface area (TPSA) is 52.5 Å². The van der Waals surface area contributed by atoms with Crippen molar-refractivity contribution in [1.82, 2.24) is 5.32 Å². The molecule has 0 aromatic heterocycles. The van der Waals surface area contributed by atoms with E-state index in [1.165, 1.54) is 0 Å². The first-order valence-corrected chi connectivity index (χ1v) is 5.53. The van der Waals surface area contributed by atoms with Gasteiger partial charge in [-0.05, 0) is 38.1 Å². The molecule has 1 rings (SSSR count). The van der Waals surface area contributed by atoms with Crippen molar-refractivity contribution in [3.8, 4) is 0 Å². The molecule has 0 aromatic rings. The second-order valence-electron chi connectivity index (χ2n) is 4.39. The van der Waals surface area contributed by atoms with E-state index >= 15 is 0 Å². The van der Waals surface area contributed by atoms with Gasteiger partial charge in [0.25, 0.3) is 0 Å². The number of aliphatic hydroxyl groups excluding tert-OH is 2. The Labute approximate surface area is 92.7 Å². The molecular weight excluding hydrogens is 223 g/mol. The molecule has 3 N–H and O–H groups in total. The second-order valence-corrected chi connectivity index (χ2v) is 4.39. The molecule has 0 saturated heterocycles. The molecule has 1 aliphatic carbocycles. The van der Waals surface area contributed by atoms with Crippen LogP contribution < -0.4 is 5.32 Å². The molecule has 6 heteroatoms.